The topological polar surface area (TPSA) is 75.1 Å². The molecule has 0 radical (unpaired) electrons. The number of ether oxygens (including phenoxy) is 1. The van der Waals surface area contributed by atoms with E-state index in [0.717, 1.165) is 16.8 Å². The lowest BCUT2D eigenvalue weighted by atomic mass is 10.2. The maximum atomic E-state index is 12.3. The summed E-state index contributed by atoms with van der Waals surface area (Å²) in [6.07, 6.45) is 4.68. The number of pyridine rings is 1. The summed E-state index contributed by atoms with van der Waals surface area (Å²) in [5.74, 6) is -0.115. The molecular formula is C20H22N4O3. The highest BCUT2D eigenvalue weighted by Crippen LogP contribution is 2.15. The first-order valence-electron chi connectivity index (χ1n) is 8.80. The van der Waals surface area contributed by atoms with Crippen molar-refractivity contribution >= 4 is 23.9 Å². The summed E-state index contributed by atoms with van der Waals surface area (Å²) < 4.78 is 5.29. The Bertz CT molecular complexity index is 823. The lowest BCUT2D eigenvalue weighted by molar-refractivity contribution is -0.134. The summed E-state index contributed by atoms with van der Waals surface area (Å²) in [6, 6.07) is 11.3. The van der Waals surface area contributed by atoms with E-state index >= 15 is 0 Å². The van der Waals surface area contributed by atoms with Crippen molar-refractivity contribution in [2.24, 2.45) is 4.99 Å². The molecule has 0 unspecified atom stereocenters. The molecule has 27 heavy (non-hydrogen) atoms. The van der Waals surface area contributed by atoms with Gasteiger partial charge >= 0.3 is 6.09 Å². The van der Waals surface area contributed by atoms with Gasteiger partial charge in [0.05, 0.1) is 12.2 Å². The van der Waals surface area contributed by atoms with E-state index in [4.69, 9.17) is 4.74 Å². The average molecular weight is 366 g/mol. The maximum Gasteiger partial charge on any atom is 0.410 e. The van der Waals surface area contributed by atoms with Crippen LogP contribution in [0.1, 0.15) is 11.1 Å². The smallest absolute Gasteiger partial charge is 0.410 e. The standard InChI is InChI=1S/C20H22N4O3/c1-16-13-21-8-7-18(16)22-9-10-23-11-12-24(14-19(23)25)20(26)27-15-17-5-3-2-4-6-17/h2-9,13H,10-12,14-15H2,1H3/b22-9-. The van der Waals surface area contributed by atoms with Crippen LogP contribution >= 0.6 is 0 Å². The van der Waals surface area contributed by atoms with Gasteiger partial charge in [0.15, 0.2) is 0 Å². The van der Waals surface area contributed by atoms with E-state index < -0.39 is 6.09 Å². The van der Waals surface area contributed by atoms with Gasteiger partial charge in [0.1, 0.15) is 13.2 Å². The summed E-state index contributed by atoms with van der Waals surface area (Å²) >= 11 is 0. The Hall–Kier alpha value is -3.22. The number of carbonyl (C=O) groups excluding carboxylic acids is 2. The van der Waals surface area contributed by atoms with Crippen molar-refractivity contribution in [1.82, 2.24) is 14.8 Å². The third-order valence-corrected chi connectivity index (χ3v) is 4.31. The van der Waals surface area contributed by atoms with Gasteiger partial charge in [-0.15, -0.1) is 0 Å². The van der Waals surface area contributed by atoms with Crippen molar-refractivity contribution in [2.75, 3.05) is 26.2 Å². The summed E-state index contributed by atoms with van der Waals surface area (Å²) in [4.78, 5) is 36.0. The monoisotopic (exact) mass is 366 g/mol. The molecule has 0 saturated carbocycles. The fourth-order valence-electron chi connectivity index (χ4n) is 2.72. The third kappa shape index (κ3) is 5.13. The van der Waals surface area contributed by atoms with Crippen molar-refractivity contribution < 1.29 is 14.3 Å². The normalized spacial score (nSPS) is 14.6. The lowest BCUT2D eigenvalue weighted by Crippen LogP contribution is -2.52. The molecule has 140 valence electrons. The first-order valence-corrected chi connectivity index (χ1v) is 8.80. The van der Waals surface area contributed by atoms with Gasteiger partial charge in [0.2, 0.25) is 5.91 Å². The number of rotatable bonds is 5. The van der Waals surface area contributed by atoms with Crippen molar-refractivity contribution in [3.05, 3.63) is 59.9 Å². The Morgan fingerprint density at radius 1 is 1.26 bits per heavy atom. The number of aliphatic imine (C=N–C) groups is 1. The Kier molecular flexibility index (Phi) is 6.14. The van der Waals surface area contributed by atoms with Crippen molar-refractivity contribution in [2.45, 2.75) is 13.5 Å². The molecule has 1 fully saturated rings. The zero-order valence-electron chi connectivity index (χ0n) is 15.2. The van der Waals surface area contributed by atoms with Crippen LogP contribution in [0.25, 0.3) is 0 Å². The fourth-order valence-corrected chi connectivity index (χ4v) is 2.72. The number of aryl methyl sites for hydroxylation is 1. The molecule has 0 N–H and O–H groups in total. The summed E-state index contributed by atoms with van der Waals surface area (Å²) in [5, 5.41) is 0. The second-order valence-electron chi connectivity index (χ2n) is 6.28. The zero-order valence-corrected chi connectivity index (χ0v) is 15.2. The predicted molar refractivity (Wildman–Crippen MR) is 102 cm³/mol. The quantitative estimate of drug-likeness (QED) is 0.762. The van der Waals surface area contributed by atoms with Crippen LogP contribution < -0.4 is 0 Å². The van der Waals surface area contributed by atoms with Crippen molar-refractivity contribution in [3.63, 3.8) is 0 Å². The number of piperazine rings is 1. The molecule has 2 heterocycles. The molecule has 1 saturated heterocycles. The van der Waals surface area contributed by atoms with E-state index in [2.05, 4.69) is 9.98 Å². The second-order valence-corrected chi connectivity index (χ2v) is 6.28. The predicted octanol–water partition coefficient (Wildman–Crippen LogP) is 2.57. The Morgan fingerprint density at radius 2 is 2.07 bits per heavy atom. The molecule has 1 aromatic carbocycles. The molecule has 3 rings (SSSR count). The summed E-state index contributed by atoms with van der Waals surface area (Å²) in [7, 11) is 0. The van der Waals surface area contributed by atoms with Crippen LogP contribution in [0.3, 0.4) is 0 Å². The molecule has 0 aliphatic carbocycles. The molecule has 7 heteroatoms. The molecule has 1 aliphatic heterocycles. The number of nitrogens with zero attached hydrogens (tertiary/aromatic N) is 4. The van der Waals surface area contributed by atoms with Crippen LogP contribution in [-0.4, -0.2) is 59.2 Å². The van der Waals surface area contributed by atoms with Gasteiger partial charge in [-0.05, 0) is 24.1 Å². The van der Waals surface area contributed by atoms with Crippen LogP contribution in [-0.2, 0) is 16.1 Å². The number of hydrogen-bond donors (Lipinski definition) is 0. The van der Waals surface area contributed by atoms with Gasteiger partial charge < -0.3 is 9.64 Å². The number of carbonyl (C=O) groups is 2. The van der Waals surface area contributed by atoms with Gasteiger partial charge in [-0.3, -0.25) is 19.7 Å². The zero-order chi connectivity index (χ0) is 19.1. The van der Waals surface area contributed by atoms with Crippen LogP contribution in [0.4, 0.5) is 10.5 Å². The molecular weight excluding hydrogens is 344 g/mol. The lowest BCUT2D eigenvalue weighted by Gasteiger charge is -2.32. The second kappa shape index (κ2) is 8.93. The fraction of sp³-hybridized carbons (Fsp3) is 0.300. The molecule has 7 nitrogen and oxygen atoms in total. The highest BCUT2D eigenvalue weighted by atomic mass is 16.6. The van der Waals surface area contributed by atoms with Gasteiger partial charge in [0.25, 0.3) is 0 Å². The Labute approximate surface area is 158 Å². The van der Waals surface area contributed by atoms with Gasteiger partial charge in [-0.2, -0.15) is 0 Å². The van der Waals surface area contributed by atoms with E-state index in [1.165, 1.54) is 4.90 Å². The first kappa shape index (κ1) is 18.6. The largest absolute Gasteiger partial charge is 0.445 e. The number of amides is 2. The SMILES string of the molecule is Cc1cnccc1/N=C\CN1CCN(C(=O)OCc2ccccc2)CC1=O. The molecule has 0 spiro atoms. The van der Waals surface area contributed by atoms with E-state index in [1.807, 2.05) is 43.3 Å². The van der Waals surface area contributed by atoms with Gasteiger partial charge in [-0.25, -0.2) is 4.79 Å². The van der Waals surface area contributed by atoms with Crippen LogP contribution in [0.2, 0.25) is 0 Å². The molecule has 0 bridgehead atoms. The molecule has 1 aromatic heterocycles. The average Bonchev–Trinajstić information content (AvgIpc) is 2.69. The molecule has 0 atom stereocenters. The van der Waals surface area contributed by atoms with Gasteiger partial charge in [-0.1, -0.05) is 30.3 Å². The highest BCUT2D eigenvalue weighted by molar-refractivity contribution is 5.85. The van der Waals surface area contributed by atoms with Crippen molar-refractivity contribution in [3.8, 4) is 0 Å². The minimum atomic E-state index is -0.465. The van der Waals surface area contributed by atoms with Crippen LogP contribution in [0.5, 0.6) is 0 Å². The number of aromatic nitrogens is 1. The number of hydrogen-bond acceptors (Lipinski definition) is 5. The minimum Gasteiger partial charge on any atom is -0.445 e. The van der Waals surface area contributed by atoms with E-state index in [9.17, 15) is 9.59 Å². The van der Waals surface area contributed by atoms with Crippen molar-refractivity contribution in [1.29, 1.82) is 0 Å². The summed E-state index contributed by atoms with van der Waals surface area (Å²) in [6.45, 7) is 3.47. The van der Waals surface area contributed by atoms with E-state index in [-0.39, 0.29) is 19.1 Å². The Balaban J connectivity index is 1.46. The molecule has 2 aromatic rings. The maximum absolute atomic E-state index is 12.3. The first-order chi connectivity index (χ1) is 13.1. The van der Waals surface area contributed by atoms with Crippen LogP contribution in [0.15, 0.2) is 53.8 Å². The Morgan fingerprint density at radius 3 is 2.81 bits per heavy atom. The highest BCUT2D eigenvalue weighted by Gasteiger charge is 2.27. The minimum absolute atomic E-state index is 0.0236. The molecule has 1 aliphatic rings. The molecule has 2 amide bonds. The van der Waals surface area contributed by atoms with E-state index in [1.54, 1.807) is 23.5 Å². The third-order valence-electron chi connectivity index (χ3n) is 4.31. The summed E-state index contributed by atoms with van der Waals surface area (Å²) in [5.41, 5.74) is 2.73. The van der Waals surface area contributed by atoms with Crippen LogP contribution in [0, 0.1) is 6.92 Å². The van der Waals surface area contributed by atoms with Gasteiger partial charge in [0, 0.05) is 31.7 Å². The van der Waals surface area contributed by atoms with E-state index in [0.29, 0.717) is 19.6 Å². The number of benzene rings is 1.